The number of nitrogens with one attached hydrogen (secondary N) is 1. The Hall–Kier alpha value is -1.12. The van der Waals surface area contributed by atoms with Crippen LogP contribution in [0.2, 0.25) is 0 Å². The van der Waals surface area contributed by atoms with Crippen LogP contribution in [0.3, 0.4) is 0 Å². The van der Waals surface area contributed by atoms with Gasteiger partial charge in [0.15, 0.2) is 6.33 Å². The first-order chi connectivity index (χ1) is 4.34. The minimum Gasteiger partial charge on any atom is -0.385 e. The second-order valence-corrected chi connectivity index (χ2v) is 1.72. The second kappa shape index (κ2) is 2.44. The molecule has 1 aromatic rings. The standard InChI is InChI=1S/C6H8N3/c1-5-6(7-2)3-8-4-9-5/h3,7H,1-2H3. The maximum absolute atomic E-state index is 3.85. The molecule has 0 atom stereocenters. The monoisotopic (exact) mass is 122 g/mol. The average Bonchev–Trinajstić information content (AvgIpc) is 1.89. The van der Waals surface area contributed by atoms with E-state index in [4.69, 9.17) is 0 Å². The summed E-state index contributed by atoms with van der Waals surface area (Å²) in [6, 6.07) is 0. The van der Waals surface area contributed by atoms with Gasteiger partial charge in [-0.3, -0.25) is 0 Å². The molecule has 0 saturated carbocycles. The summed E-state index contributed by atoms with van der Waals surface area (Å²) in [6.07, 6.45) is 4.19. The smallest absolute Gasteiger partial charge is 0.198 e. The minimum atomic E-state index is 0.924. The van der Waals surface area contributed by atoms with Gasteiger partial charge in [0.25, 0.3) is 0 Å². The number of hydrogen-bond acceptors (Lipinski definition) is 3. The molecule has 0 aliphatic heterocycles. The molecular formula is C6H8N3. The van der Waals surface area contributed by atoms with Gasteiger partial charge in [-0.2, -0.15) is 0 Å². The van der Waals surface area contributed by atoms with Crippen LogP contribution in [0.15, 0.2) is 6.20 Å². The Kier molecular flexibility index (Phi) is 1.63. The van der Waals surface area contributed by atoms with Crippen LogP contribution in [0.1, 0.15) is 5.69 Å². The molecule has 0 amide bonds. The molecule has 0 saturated heterocycles. The van der Waals surface area contributed by atoms with Gasteiger partial charge >= 0.3 is 0 Å². The average molecular weight is 122 g/mol. The molecule has 0 aliphatic rings. The number of aryl methyl sites for hydroxylation is 1. The third kappa shape index (κ3) is 1.16. The highest BCUT2D eigenvalue weighted by molar-refractivity contribution is 5.43. The highest BCUT2D eigenvalue weighted by atomic mass is 14.9. The van der Waals surface area contributed by atoms with Crippen molar-refractivity contribution in [2.45, 2.75) is 6.92 Å². The van der Waals surface area contributed by atoms with E-state index in [-0.39, 0.29) is 0 Å². The normalized spacial score (nSPS) is 9.11. The van der Waals surface area contributed by atoms with Gasteiger partial charge < -0.3 is 5.32 Å². The zero-order valence-corrected chi connectivity index (χ0v) is 5.47. The van der Waals surface area contributed by atoms with E-state index in [9.17, 15) is 0 Å². The summed E-state index contributed by atoms with van der Waals surface area (Å²) in [5.74, 6) is 0. The lowest BCUT2D eigenvalue weighted by molar-refractivity contribution is 1.08. The Morgan fingerprint density at radius 3 is 2.89 bits per heavy atom. The van der Waals surface area contributed by atoms with E-state index in [0.717, 1.165) is 11.4 Å². The number of nitrogens with zero attached hydrogens (tertiary/aromatic N) is 2. The first-order valence-electron chi connectivity index (χ1n) is 2.72. The fourth-order valence-electron chi connectivity index (χ4n) is 0.596. The maximum Gasteiger partial charge on any atom is 0.198 e. The van der Waals surface area contributed by atoms with Gasteiger partial charge in [-0.1, -0.05) is 0 Å². The summed E-state index contributed by atoms with van der Waals surface area (Å²) in [7, 11) is 1.84. The SMILES string of the molecule is CNc1cn[c]nc1C. The molecule has 47 valence electrons. The molecule has 3 heteroatoms. The van der Waals surface area contributed by atoms with Crippen LogP contribution in [-0.2, 0) is 0 Å². The van der Waals surface area contributed by atoms with Crippen molar-refractivity contribution in [3.8, 4) is 0 Å². The molecule has 1 rings (SSSR count). The van der Waals surface area contributed by atoms with E-state index in [1.54, 1.807) is 6.20 Å². The number of rotatable bonds is 1. The van der Waals surface area contributed by atoms with Gasteiger partial charge in [0, 0.05) is 7.05 Å². The molecule has 1 radical (unpaired) electrons. The van der Waals surface area contributed by atoms with Crippen LogP contribution in [0.4, 0.5) is 5.69 Å². The summed E-state index contributed by atoms with van der Waals surface area (Å²) in [5, 5.41) is 2.95. The Morgan fingerprint density at radius 1 is 1.67 bits per heavy atom. The van der Waals surface area contributed by atoms with E-state index < -0.39 is 0 Å². The van der Waals surface area contributed by atoms with Crippen molar-refractivity contribution in [3.63, 3.8) is 0 Å². The van der Waals surface area contributed by atoms with Gasteiger partial charge in [-0.25, -0.2) is 9.97 Å². The fraction of sp³-hybridized carbons (Fsp3) is 0.333. The molecule has 0 bridgehead atoms. The second-order valence-electron chi connectivity index (χ2n) is 1.72. The van der Waals surface area contributed by atoms with Crippen LogP contribution >= 0.6 is 0 Å². The van der Waals surface area contributed by atoms with Crippen molar-refractivity contribution in [1.29, 1.82) is 0 Å². The van der Waals surface area contributed by atoms with Crippen LogP contribution in [0.25, 0.3) is 0 Å². The predicted octanol–water partition coefficient (Wildman–Crippen LogP) is 0.627. The lowest BCUT2D eigenvalue weighted by Crippen LogP contribution is -1.94. The predicted molar refractivity (Wildman–Crippen MR) is 35.2 cm³/mol. The summed E-state index contributed by atoms with van der Waals surface area (Å²) in [5.41, 5.74) is 1.88. The molecule has 0 aromatic carbocycles. The number of anilines is 1. The van der Waals surface area contributed by atoms with E-state index in [1.165, 1.54) is 0 Å². The zero-order chi connectivity index (χ0) is 6.69. The Labute approximate surface area is 54.2 Å². The van der Waals surface area contributed by atoms with Crippen molar-refractivity contribution in [1.82, 2.24) is 9.97 Å². The topological polar surface area (TPSA) is 37.8 Å². The molecule has 1 N–H and O–H groups in total. The van der Waals surface area contributed by atoms with Crippen LogP contribution < -0.4 is 5.32 Å². The van der Waals surface area contributed by atoms with E-state index in [0.29, 0.717) is 0 Å². The third-order valence-corrected chi connectivity index (χ3v) is 1.13. The summed E-state index contributed by atoms with van der Waals surface area (Å²) in [6.45, 7) is 1.91. The van der Waals surface area contributed by atoms with Crippen LogP contribution in [0.5, 0.6) is 0 Å². The Morgan fingerprint density at radius 2 is 2.44 bits per heavy atom. The molecule has 0 spiro atoms. The van der Waals surface area contributed by atoms with Crippen molar-refractivity contribution in [2.75, 3.05) is 12.4 Å². The molecule has 3 nitrogen and oxygen atoms in total. The summed E-state index contributed by atoms with van der Waals surface area (Å²) in [4.78, 5) is 7.57. The first kappa shape index (κ1) is 6.01. The van der Waals surface area contributed by atoms with Crippen molar-refractivity contribution in [2.24, 2.45) is 0 Å². The van der Waals surface area contributed by atoms with E-state index in [2.05, 4.69) is 21.6 Å². The molecule has 0 fully saturated rings. The van der Waals surface area contributed by atoms with Crippen molar-refractivity contribution < 1.29 is 0 Å². The molecule has 0 aliphatic carbocycles. The lowest BCUT2D eigenvalue weighted by Gasteiger charge is -1.98. The van der Waals surface area contributed by atoms with Crippen molar-refractivity contribution >= 4 is 5.69 Å². The first-order valence-corrected chi connectivity index (χ1v) is 2.72. The van der Waals surface area contributed by atoms with Gasteiger partial charge in [-0.05, 0) is 6.92 Å². The van der Waals surface area contributed by atoms with Gasteiger partial charge in [0.2, 0.25) is 0 Å². The highest BCUT2D eigenvalue weighted by Gasteiger charge is 1.92. The quantitative estimate of drug-likeness (QED) is 0.593. The molecule has 9 heavy (non-hydrogen) atoms. The van der Waals surface area contributed by atoms with Gasteiger partial charge in [-0.15, -0.1) is 0 Å². The largest absolute Gasteiger partial charge is 0.385 e. The van der Waals surface area contributed by atoms with Crippen LogP contribution in [-0.4, -0.2) is 17.0 Å². The van der Waals surface area contributed by atoms with Gasteiger partial charge in [0.05, 0.1) is 17.6 Å². The lowest BCUT2D eigenvalue weighted by atomic mass is 10.4. The third-order valence-electron chi connectivity index (χ3n) is 1.13. The molecule has 1 aromatic heterocycles. The Balaban J connectivity index is 3.01. The molecule has 1 heterocycles. The van der Waals surface area contributed by atoms with E-state index >= 15 is 0 Å². The van der Waals surface area contributed by atoms with E-state index in [1.807, 2.05) is 14.0 Å². The van der Waals surface area contributed by atoms with Crippen LogP contribution in [0, 0.1) is 13.3 Å². The summed E-state index contributed by atoms with van der Waals surface area (Å²) >= 11 is 0. The number of hydrogen-bond donors (Lipinski definition) is 1. The Bertz CT molecular complexity index is 197. The fourth-order valence-corrected chi connectivity index (χ4v) is 0.596. The maximum atomic E-state index is 3.85. The van der Waals surface area contributed by atoms with Gasteiger partial charge in [0.1, 0.15) is 0 Å². The highest BCUT2D eigenvalue weighted by Crippen LogP contribution is 2.05. The molecular weight excluding hydrogens is 114 g/mol. The molecule has 0 unspecified atom stereocenters. The van der Waals surface area contributed by atoms with Crippen molar-refractivity contribution in [3.05, 3.63) is 18.2 Å². The number of aromatic nitrogens is 2. The minimum absolute atomic E-state index is 0.924. The zero-order valence-electron chi connectivity index (χ0n) is 5.47. The summed E-state index contributed by atoms with van der Waals surface area (Å²) < 4.78 is 0.